The predicted molar refractivity (Wildman–Crippen MR) is 116 cm³/mol. The lowest BCUT2D eigenvalue weighted by atomic mass is 9.46. The zero-order valence-corrected chi connectivity index (χ0v) is 19.3. The molecule has 1 saturated heterocycles. The van der Waals surface area contributed by atoms with E-state index in [-0.39, 0.29) is 17.1 Å². The molecule has 0 amide bonds. The third-order valence-electron chi connectivity index (χ3n) is 10.5. The number of unbranched alkanes of at least 4 members (excludes halogenated alkanes) is 1. The van der Waals surface area contributed by atoms with E-state index in [9.17, 15) is 5.11 Å². The summed E-state index contributed by atoms with van der Waals surface area (Å²) in [6, 6.07) is 0. The average Bonchev–Trinajstić information content (AvgIpc) is 2.96. The molecular weight excluding hydrogens is 344 g/mol. The Morgan fingerprint density at radius 2 is 1.75 bits per heavy atom. The quantitative estimate of drug-likeness (QED) is 0.536. The molecule has 0 radical (unpaired) electrons. The van der Waals surface area contributed by atoms with E-state index in [1.165, 1.54) is 51.4 Å². The molecule has 1 N–H and O–H groups in total. The Morgan fingerprint density at radius 3 is 2.50 bits per heavy atom. The van der Waals surface area contributed by atoms with Crippen LogP contribution in [0.3, 0.4) is 0 Å². The number of hydrogen-bond acceptors (Lipinski definition) is 2. The summed E-state index contributed by atoms with van der Waals surface area (Å²) in [5.41, 5.74) is 0.695. The van der Waals surface area contributed by atoms with Crippen molar-refractivity contribution in [3.63, 3.8) is 0 Å². The van der Waals surface area contributed by atoms with Crippen LogP contribution in [-0.4, -0.2) is 23.4 Å². The maximum Gasteiger partial charge on any atom is 0.0735 e. The van der Waals surface area contributed by atoms with Crippen molar-refractivity contribution < 1.29 is 9.84 Å². The molecule has 0 spiro atoms. The number of aliphatic hydroxyl groups is 1. The maximum absolute atomic E-state index is 10.3. The Morgan fingerprint density at radius 1 is 0.964 bits per heavy atom. The van der Waals surface area contributed by atoms with Crippen molar-refractivity contribution in [2.24, 2.45) is 40.4 Å². The summed E-state index contributed by atoms with van der Waals surface area (Å²) in [6.07, 6.45) is 14.2. The zero-order valence-electron chi connectivity index (χ0n) is 19.3. The van der Waals surface area contributed by atoms with Crippen LogP contribution in [0.4, 0.5) is 0 Å². The van der Waals surface area contributed by atoms with Gasteiger partial charge in [0.1, 0.15) is 0 Å². The van der Waals surface area contributed by atoms with Crippen LogP contribution < -0.4 is 0 Å². The van der Waals surface area contributed by atoms with Crippen LogP contribution in [0.2, 0.25) is 0 Å². The highest BCUT2D eigenvalue weighted by Gasteiger charge is 2.64. The Kier molecular flexibility index (Phi) is 5.71. The van der Waals surface area contributed by atoms with Crippen LogP contribution in [0.15, 0.2) is 0 Å². The van der Waals surface area contributed by atoms with Gasteiger partial charge in [0.05, 0.1) is 18.3 Å². The maximum atomic E-state index is 10.3. The monoisotopic (exact) mass is 390 g/mol. The predicted octanol–water partition coefficient (Wildman–Crippen LogP) is 6.60. The Balaban J connectivity index is 1.46. The van der Waals surface area contributed by atoms with E-state index in [0.29, 0.717) is 5.41 Å². The van der Waals surface area contributed by atoms with E-state index in [0.717, 1.165) is 55.5 Å². The molecule has 0 aromatic heterocycles. The zero-order chi connectivity index (χ0) is 20.2. The summed E-state index contributed by atoms with van der Waals surface area (Å²) < 4.78 is 6.67. The highest BCUT2D eigenvalue weighted by atomic mass is 16.5. The molecule has 2 heteroatoms. The second-order valence-electron chi connectivity index (χ2n) is 12.2. The molecule has 1 unspecified atom stereocenters. The van der Waals surface area contributed by atoms with E-state index in [1.54, 1.807) is 0 Å². The highest BCUT2D eigenvalue weighted by Crippen LogP contribution is 2.67. The summed E-state index contributed by atoms with van der Waals surface area (Å²) in [4.78, 5) is 0. The van der Waals surface area contributed by atoms with E-state index in [1.807, 2.05) is 0 Å². The van der Waals surface area contributed by atoms with Gasteiger partial charge in [-0.15, -0.1) is 0 Å². The van der Waals surface area contributed by atoms with Crippen LogP contribution in [-0.2, 0) is 4.74 Å². The van der Waals surface area contributed by atoms with Gasteiger partial charge < -0.3 is 9.84 Å². The van der Waals surface area contributed by atoms with Crippen molar-refractivity contribution in [1.82, 2.24) is 0 Å². The minimum atomic E-state index is -0.162. The Hall–Kier alpha value is -0.0800. The number of ether oxygens (including phenoxy) is 1. The third-order valence-corrected chi connectivity index (χ3v) is 10.5. The van der Waals surface area contributed by atoms with Gasteiger partial charge in [0.15, 0.2) is 0 Å². The topological polar surface area (TPSA) is 29.5 Å². The van der Waals surface area contributed by atoms with Crippen molar-refractivity contribution in [1.29, 1.82) is 0 Å². The summed E-state index contributed by atoms with van der Waals surface area (Å²) in [5.74, 6) is 4.23. The van der Waals surface area contributed by atoms with Gasteiger partial charge in [-0.3, -0.25) is 0 Å². The van der Waals surface area contributed by atoms with Gasteiger partial charge in [-0.25, -0.2) is 0 Å². The van der Waals surface area contributed by atoms with Gasteiger partial charge >= 0.3 is 0 Å². The molecule has 3 aliphatic carbocycles. The lowest BCUT2D eigenvalue weighted by Crippen LogP contribution is -2.64. The molecule has 2 nitrogen and oxygen atoms in total. The Bertz CT molecular complexity index is 559. The van der Waals surface area contributed by atoms with Crippen molar-refractivity contribution in [2.45, 2.75) is 117 Å². The fourth-order valence-electron chi connectivity index (χ4n) is 8.43. The number of fused-ring (bicyclic) bond motifs is 5. The minimum absolute atomic E-state index is 0.117. The second kappa shape index (κ2) is 7.56. The van der Waals surface area contributed by atoms with Crippen LogP contribution in [0, 0.1) is 40.4 Å². The summed E-state index contributed by atoms with van der Waals surface area (Å²) in [5, 5.41) is 10.3. The van der Waals surface area contributed by atoms with Gasteiger partial charge in [0, 0.05) is 6.42 Å². The lowest BCUT2D eigenvalue weighted by molar-refractivity contribution is -0.261. The molecule has 1 aliphatic heterocycles. The van der Waals surface area contributed by atoms with E-state index in [4.69, 9.17) is 4.74 Å². The lowest BCUT2D eigenvalue weighted by Gasteiger charge is -2.64. The standard InChI is InChI=1S/C26H46O2/c1-18(2)8-6-7-9-19-10-11-22-21-17-28-26(5)16-20(27)12-15-25(26,4)23(21)13-14-24(19,22)3/h18-23,27H,6-17H2,1-5H3/t19-,20-,21-,22-,23-,24+,25+,26?/m0/s1. The SMILES string of the molecule is CC(C)CCCC[C@H]1CC[C@H]2[C@@H]3COC4(C)C[C@@H](O)CC[C@]4(C)[C@H]3CC[C@]12C. The first-order valence-corrected chi connectivity index (χ1v) is 12.5. The van der Waals surface area contributed by atoms with Gasteiger partial charge in [-0.1, -0.05) is 47.0 Å². The molecule has 162 valence electrons. The molecular formula is C26H46O2. The Labute approximate surface area is 174 Å². The van der Waals surface area contributed by atoms with Crippen LogP contribution in [0.1, 0.15) is 105 Å². The van der Waals surface area contributed by atoms with Gasteiger partial charge in [-0.05, 0) is 92.3 Å². The number of rotatable bonds is 5. The molecule has 28 heavy (non-hydrogen) atoms. The smallest absolute Gasteiger partial charge is 0.0735 e. The molecule has 0 aromatic carbocycles. The molecule has 0 bridgehead atoms. The second-order valence-corrected chi connectivity index (χ2v) is 12.2. The molecule has 1 heterocycles. The molecule has 0 aromatic rings. The first kappa shape index (κ1) is 21.2. The number of hydrogen-bond donors (Lipinski definition) is 1. The molecule has 4 rings (SSSR count). The average molecular weight is 391 g/mol. The van der Waals surface area contributed by atoms with Crippen LogP contribution in [0.5, 0.6) is 0 Å². The molecule has 4 fully saturated rings. The van der Waals surface area contributed by atoms with Crippen LogP contribution >= 0.6 is 0 Å². The van der Waals surface area contributed by atoms with Crippen molar-refractivity contribution in [3.8, 4) is 0 Å². The van der Waals surface area contributed by atoms with Gasteiger partial charge in [0.25, 0.3) is 0 Å². The first-order valence-electron chi connectivity index (χ1n) is 12.5. The fraction of sp³-hybridized carbons (Fsp3) is 1.00. The summed E-state index contributed by atoms with van der Waals surface area (Å²) in [6.45, 7) is 13.1. The third kappa shape index (κ3) is 3.29. The van der Waals surface area contributed by atoms with Gasteiger partial charge in [0.2, 0.25) is 0 Å². The van der Waals surface area contributed by atoms with E-state index >= 15 is 0 Å². The molecule has 8 atom stereocenters. The van der Waals surface area contributed by atoms with Crippen molar-refractivity contribution in [2.75, 3.05) is 6.61 Å². The van der Waals surface area contributed by atoms with E-state index < -0.39 is 0 Å². The van der Waals surface area contributed by atoms with Gasteiger partial charge in [-0.2, -0.15) is 0 Å². The van der Waals surface area contributed by atoms with Crippen molar-refractivity contribution >= 4 is 0 Å². The van der Waals surface area contributed by atoms with Crippen molar-refractivity contribution in [3.05, 3.63) is 0 Å². The molecule has 4 aliphatic rings. The molecule has 3 saturated carbocycles. The van der Waals surface area contributed by atoms with Crippen LogP contribution in [0.25, 0.3) is 0 Å². The van der Waals surface area contributed by atoms with E-state index in [2.05, 4.69) is 34.6 Å². The number of aliphatic hydroxyl groups excluding tert-OH is 1. The summed E-state index contributed by atoms with van der Waals surface area (Å²) >= 11 is 0. The largest absolute Gasteiger partial charge is 0.393 e. The highest BCUT2D eigenvalue weighted by molar-refractivity contribution is 5.12. The first-order chi connectivity index (χ1) is 13.2. The fourth-order valence-corrected chi connectivity index (χ4v) is 8.43. The summed E-state index contributed by atoms with van der Waals surface area (Å²) in [7, 11) is 0. The normalized spacial score (nSPS) is 50.9. The minimum Gasteiger partial charge on any atom is -0.393 e.